The van der Waals surface area contributed by atoms with E-state index in [0.29, 0.717) is 6.54 Å². The van der Waals surface area contributed by atoms with E-state index >= 15 is 0 Å². The number of likely N-dealkylation sites (N-methyl/N-ethyl adjacent to an activating group) is 1. The van der Waals surface area contributed by atoms with Crippen molar-refractivity contribution in [3.63, 3.8) is 0 Å². The van der Waals surface area contributed by atoms with Gasteiger partial charge in [0.05, 0.1) is 6.04 Å². The highest BCUT2D eigenvalue weighted by Gasteiger charge is 2.24. The van der Waals surface area contributed by atoms with Crippen LogP contribution in [0.5, 0.6) is 0 Å². The first-order chi connectivity index (χ1) is 8.16. The highest BCUT2D eigenvalue weighted by atomic mass is 16.2. The van der Waals surface area contributed by atoms with E-state index < -0.39 is 0 Å². The third-order valence-electron chi connectivity index (χ3n) is 3.27. The molecule has 1 aliphatic rings. The lowest BCUT2D eigenvalue weighted by Gasteiger charge is -2.21. The Labute approximate surface area is 103 Å². The fourth-order valence-electron chi connectivity index (χ4n) is 2.21. The first-order valence-corrected chi connectivity index (χ1v) is 6.21. The van der Waals surface area contributed by atoms with Crippen molar-refractivity contribution in [2.75, 3.05) is 13.6 Å². The molecule has 92 valence electrons. The number of carbonyl (C=O) groups is 1. The van der Waals surface area contributed by atoms with Gasteiger partial charge in [0.25, 0.3) is 0 Å². The molecule has 0 aromatic heterocycles. The fourth-order valence-corrected chi connectivity index (χ4v) is 2.21. The summed E-state index contributed by atoms with van der Waals surface area (Å²) in [7, 11) is 1.88. The molecule has 2 rings (SSSR count). The molecule has 3 nitrogen and oxygen atoms in total. The van der Waals surface area contributed by atoms with Gasteiger partial charge in [0.1, 0.15) is 0 Å². The molecular formula is C14H20N2O. The topological polar surface area (TPSA) is 32.3 Å². The van der Waals surface area contributed by atoms with Crippen LogP contribution in [-0.4, -0.2) is 30.4 Å². The summed E-state index contributed by atoms with van der Waals surface area (Å²) in [5.41, 5.74) is 2.43. The molecule has 1 aromatic rings. The van der Waals surface area contributed by atoms with Crippen LogP contribution >= 0.6 is 0 Å². The maximum absolute atomic E-state index is 12.1. The van der Waals surface area contributed by atoms with Crippen molar-refractivity contribution in [3.05, 3.63) is 35.4 Å². The van der Waals surface area contributed by atoms with Crippen LogP contribution < -0.4 is 5.32 Å². The van der Waals surface area contributed by atoms with Gasteiger partial charge in [0.15, 0.2) is 0 Å². The molecule has 1 atom stereocenters. The maximum atomic E-state index is 12.1. The summed E-state index contributed by atoms with van der Waals surface area (Å²) in [6, 6.07) is 8.37. The molecule has 0 saturated carbocycles. The number of benzene rings is 1. The molecule has 1 unspecified atom stereocenters. The lowest BCUT2D eigenvalue weighted by molar-refractivity contribution is -0.132. The molecule has 0 radical (unpaired) electrons. The molecule has 1 N–H and O–H groups in total. The zero-order valence-corrected chi connectivity index (χ0v) is 10.6. The van der Waals surface area contributed by atoms with Crippen LogP contribution in [0.2, 0.25) is 0 Å². The van der Waals surface area contributed by atoms with Crippen molar-refractivity contribution in [1.29, 1.82) is 0 Å². The van der Waals surface area contributed by atoms with Crippen molar-refractivity contribution in [1.82, 2.24) is 10.2 Å². The molecule has 1 heterocycles. The third kappa shape index (κ3) is 3.07. The van der Waals surface area contributed by atoms with Gasteiger partial charge in [-0.05, 0) is 31.9 Å². The average molecular weight is 232 g/mol. The van der Waals surface area contributed by atoms with E-state index in [4.69, 9.17) is 0 Å². The zero-order valence-electron chi connectivity index (χ0n) is 10.6. The van der Waals surface area contributed by atoms with E-state index in [9.17, 15) is 4.79 Å². The van der Waals surface area contributed by atoms with Crippen LogP contribution in [0.3, 0.4) is 0 Å². The minimum absolute atomic E-state index is 0.0328. The molecule has 0 bridgehead atoms. The van der Waals surface area contributed by atoms with Crippen LogP contribution in [0.15, 0.2) is 24.3 Å². The maximum Gasteiger partial charge on any atom is 0.239 e. The van der Waals surface area contributed by atoms with Gasteiger partial charge in [0, 0.05) is 13.6 Å². The van der Waals surface area contributed by atoms with Gasteiger partial charge in [-0.3, -0.25) is 4.79 Å². The van der Waals surface area contributed by atoms with Crippen LogP contribution in [0, 0.1) is 6.92 Å². The lowest BCUT2D eigenvalue weighted by Crippen LogP contribution is -2.41. The molecule has 1 aliphatic heterocycles. The summed E-state index contributed by atoms with van der Waals surface area (Å²) >= 11 is 0. The Hall–Kier alpha value is -1.35. The van der Waals surface area contributed by atoms with E-state index in [2.05, 4.69) is 36.5 Å². The van der Waals surface area contributed by atoms with Gasteiger partial charge in [0.2, 0.25) is 5.91 Å². The van der Waals surface area contributed by atoms with Gasteiger partial charge in [-0.25, -0.2) is 0 Å². The number of hydrogen-bond donors (Lipinski definition) is 1. The number of nitrogens with zero attached hydrogens (tertiary/aromatic N) is 1. The Bertz CT molecular complexity index is 380. The summed E-state index contributed by atoms with van der Waals surface area (Å²) in [5, 5.41) is 3.24. The van der Waals surface area contributed by atoms with Gasteiger partial charge in [-0.2, -0.15) is 0 Å². The smallest absolute Gasteiger partial charge is 0.239 e. The second-order valence-electron chi connectivity index (χ2n) is 4.83. The Balaban J connectivity index is 1.93. The minimum atomic E-state index is 0.0328. The van der Waals surface area contributed by atoms with Crippen molar-refractivity contribution < 1.29 is 4.79 Å². The predicted octanol–water partition coefficient (Wildman–Crippen LogP) is 1.71. The molecule has 1 saturated heterocycles. The normalized spacial score (nSPS) is 19.3. The van der Waals surface area contributed by atoms with E-state index in [1.807, 2.05) is 11.9 Å². The lowest BCUT2D eigenvalue weighted by atomic mass is 10.1. The van der Waals surface area contributed by atoms with Gasteiger partial charge < -0.3 is 10.2 Å². The van der Waals surface area contributed by atoms with Gasteiger partial charge >= 0.3 is 0 Å². The number of carbonyl (C=O) groups excluding carboxylic acids is 1. The Morgan fingerprint density at radius 2 is 2.12 bits per heavy atom. The van der Waals surface area contributed by atoms with Crippen molar-refractivity contribution in [2.24, 2.45) is 0 Å². The summed E-state index contributed by atoms with van der Waals surface area (Å²) in [4.78, 5) is 13.9. The van der Waals surface area contributed by atoms with Crippen molar-refractivity contribution >= 4 is 5.91 Å². The Morgan fingerprint density at radius 1 is 1.41 bits per heavy atom. The predicted molar refractivity (Wildman–Crippen MR) is 68.7 cm³/mol. The van der Waals surface area contributed by atoms with E-state index in [1.54, 1.807) is 0 Å². The van der Waals surface area contributed by atoms with E-state index in [0.717, 1.165) is 19.4 Å². The summed E-state index contributed by atoms with van der Waals surface area (Å²) < 4.78 is 0. The number of nitrogens with one attached hydrogen (secondary N) is 1. The van der Waals surface area contributed by atoms with Crippen LogP contribution in [0.4, 0.5) is 0 Å². The Morgan fingerprint density at radius 3 is 2.71 bits per heavy atom. The van der Waals surface area contributed by atoms with E-state index in [1.165, 1.54) is 11.1 Å². The number of hydrogen-bond acceptors (Lipinski definition) is 2. The molecule has 1 fully saturated rings. The SMILES string of the molecule is Cc1ccc(CN(C)C(=O)C2CCCN2)cc1. The summed E-state index contributed by atoms with van der Waals surface area (Å²) in [6.07, 6.45) is 2.08. The number of rotatable bonds is 3. The zero-order chi connectivity index (χ0) is 12.3. The average Bonchev–Trinajstić information content (AvgIpc) is 2.84. The summed E-state index contributed by atoms with van der Waals surface area (Å²) in [5.74, 6) is 0.211. The summed E-state index contributed by atoms with van der Waals surface area (Å²) in [6.45, 7) is 3.73. The second-order valence-corrected chi connectivity index (χ2v) is 4.83. The largest absolute Gasteiger partial charge is 0.340 e. The molecule has 17 heavy (non-hydrogen) atoms. The molecule has 1 amide bonds. The quantitative estimate of drug-likeness (QED) is 0.860. The monoisotopic (exact) mass is 232 g/mol. The fraction of sp³-hybridized carbons (Fsp3) is 0.500. The van der Waals surface area contributed by atoms with Gasteiger partial charge in [-0.15, -0.1) is 0 Å². The standard InChI is InChI=1S/C14H20N2O/c1-11-5-7-12(8-6-11)10-16(2)14(17)13-4-3-9-15-13/h5-8,13,15H,3-4,9-10H2,1-2H3. The van der Waals surface area contributed by atoms with Crippen molar-refractivity contribution in [3.8, 4) is 0 Å². The molecule has 0 aliphatic carbocycles. The van der Waals surface area contributed by atoms with Crippen LogP contribution in [-0.2, 0) is 11.3 Å². The highest BCUT2D eigenvalue weighted by molar-refractivity contribution is 5.81. The Kier molecular flexibility index (Phi) is 3.79. The number of aryl methyl sites for hydroxylation is 1. The first-order valence-electron chi connectivity index (χ1n) is 6.21. The minimum Gasteiger partial charge on any atom is -0.340 e. The molecule has 0 spiro atoms. The van der Waals surface area contributed by atoms with Gasteiger partial charge in [-0.1, -0.05) is 29.8 Å². The van der Waals surface area contributed by atoms with Crippen molar-refractivity contribution in [2.45, 2.75) is 32.4 Å². The van der Waals surface area contributed by atoms with Crippen LogP contribution in [0.1, 0.15) is 24.0 Å². The molecule has 1 aromatic carbocycles. The highest BCUT2D eigenvalue weighted by Crippen LogP contribution is 2.11. The second kappa shape index (κ2) is 5.32. The molecular weight excluding hydrogens is 212 g/mol. The third-order valence-corrected chi connectivity index (χ3v) is 3.27. The molecule has 3 heteroatoms. The number of amides is 1. The first kappa shape index (κ1) is 12.1. The van der Waals surface area contributed by atoms with Crippen LogP contribution in [0.25, 0.3) is 0 Å². The van der Waals surface area contributed by atoms with E-state index in [-0.39, 0.29) is 11.9 Å².